The monoisotopic (exact) mass is 324 g/mol. The molecule has 7 heteroatoms. The van der Waals surface area contributed by atoms with Crippen LogP contribution in [0.15, 0.2) is 35.2 Å². The smallest absolute Gasteiger partial charge is 0.323 e. The van der Waals surface area contributed by atoms with Crippen molar-refractivity contribution in [3.8, 4) is 0 Å². The number of nitrogens with zero attached hydrogens (tertiary/aromatic N) is 1. The number of sulfonamides is 1. The van der Waals surface area contributed by atoms with E-state index in [0.717, 1.165) is 19.4 Å². The zero-order chi connectivity index (χ0) is 15.6. The van der Waals surface area contributed by atoms with Crippen LogP contribution in [-0.4, -0.2) is 51.1 Å². The number of piperidine rings is 1. The summed E-state index contributed by atoms with van der Waals surface area (Å²) in [5.41, 5.74) is 0. The van der Waals surface area contributed by atoms with Gasteiger partial charge in [-0.2, -0.15) is 0 Å². The summed E-state index contributed by atoms with van der Waals surface area (Å²) in [4.78, 5) is 14.0. The van der Waals surface area contributed by atoms with Crippen molar-refractivity contribution in [3.05, 3.63) is 30.3 Å². The Morgan fingerprint density at radius 1 is 1.18 bits per heavy atom. The minimum atomic E-state index is -3.51. The second-order valence-corrected chi connectivity index (χ2v) is 7.45. The third-order valence-electron chi connectivity index (χ3n) is 4.18. The highest BCUT2D eigenvalue weighted by Crippen LogP contribution is 2.21. The van der Waals surface area contributed by atoms with Crippen LogP contribution in [0, 0.1) is 0 Å². The van der Waals surface area contributed by atoms with E-state index in [1.807, 2.05) is 4.90 Å². The summed E-state index contributed by atoms with van der Waals surface area (Å²) in [6, 6.07) is 7.96. The Bertz CT molecular complexity index is 632. The number of ether oxygens (including phenoxy) is 1. The Kier molecular flexibility index (Phi) is 4.46. The summed E-state index contributed by atoms with van der Waals surface area (Å²) in [5.74, 6) is -0.188. The van der Waals surface area contributed by atoms with Gasteiger partial charge >= 0.3 is 5.97 Å². The summed E-state index contributed by atoms with van der Waals surface area (Å²) in [7, 11) is -3.51. The molecule has 0 aromatic heterocycles. The quantitative estimate of drug-likeness (QED) is 0.827. The fourth-order valence-electron chi connectivity index (χ4n) is 3.09. The lowest BCUT2D eigenvalue weighted by atomic mass is 10.0. The van der Waals surface area contributed by atoms with Gasteiger partial charge in [0.1, 0.15) is 6.04 Å². The first-order valence-corrected chi connectivity index (χ1v) is 9.03. The first kappa shape index (κ1) is 15.5. The number of cyclic esters (lactones) is 1. The molecule has 0 spiro atoms. The lowest BCUT2D eigenvalue weighted by molar-refractivity contribution is -0.142. The van der Waals surface area contributed by atoms with Crippen molar-refractivity contribution in [3.63, 3.8) is 0 Å². The number of hydrogen-bond acceptors (Lipinski definition) is 5. The van der Waals surface area contributed by atoms with E-state index in [0.29, 0.717) is 19.6 Å². The average molecular weight is 324 g/mol. The van der Waals surface area contributed by atoms with Gasteiger partial charge in [0.15, 0.2) is 0 Å². The number of hydrogen-bond donors (Lipinski definition) is 1. The molecular weight excluding hydrogens is 304 g/mol. The summed E-state index contributed by atoms with van der Waals surface area (Å²) in [5, 5.41) is 0. The normalized spacial score (nSPS) is 26.8. The molecule has 2 atom stereocenters. The highest BCUT2D eigenvalue weighted by atomic mass is 32.2. The van der Waals surface area contributed by atoms with Crippen molar-refractivity contribution >= 4 is 16.0 Å². The first-order chi connectivity index (χ1) is 10.6. The molecule has 1 aromatic rings. The zero-order valence-electron chi connectivity index (χ0n) is 12.3. The molecule has 0 amide bonds. The zero-order valence-corrected chi connectivity index (χ0v) is 13.1. The number of carbonyl (C=O) groups is 1. The molecule has 2 saturated heterocycles. The number of carbonyl (C=O) groups excluding carboxylic acids is 1. The predicted molar refractivity (Wildman–Crippen MR) is 80.7 cm³/mol. The Balaban J connectivity index is 1.66. The van der Waals surface area contributed by atoms with Gasteiger partial charge in [0.25, 0.3) is 0 Å². The average Bonchev–Trinajstić information content (AvgIpc) is 2.94. The summed E-state index contributed by atoms with van der Waals surface area (Å²) in [6.07, 6.45) is 2.34. The number of benzene rings is 1. The van der Waals surface area contributed by atoms with E-state index >= 15 is 0 Å². The highest BCUT2D eigenvalue weighted by molar-refractivity contribution is 7.89. The van der Waals surface area contributed by atoms with E-state index in [1.54, 1.807) is 30.3 Å². The molecule has 1 N–H and O–H groups in total. The number of esters is 1. The third-order valence-corrected chi connectivity index (χ3v) is 5.71. The van der Waals surface area contributed by atoms with Gasteiger partial charge < -0.3 is 4.74 Å². The Morgan fingerprint density at radius 3 is 2.64 bits per heavy atom. The van der Waals surface area contributed by atoms with Gasteiger partial charge in [0.2, 0.25) is 10.0 Å². The van der Waals surface area contributed by atoms with Gasteiger partial charge in [-0.3, -0.25) is 9.69 Å². The maximum absolute atomic E-state index is 12.4. The Hall–Kier alpha value is -1.44. The molecule has 1 aromatic carbocycles. The molecule has 0 saturated carbocycles. The fraction of sp³-hybridized carbons (Fsp3) is 0.533. The van der Waals surface area contributed by atoms with Crippen molar-refractivity contribution in [2.75, 3.05) is 19.7 Å². The van der Waals surface area contributed by atoms with E-state index in [2.05, 4.69) is 4.72 Å². The molecule has 6 nitrogen and oxygen atoms in total. The van der Waals surface area contributed by atoms with E-state index < -0.39 is 10.0 Å². The second kappa shape index (κ2) is 6.36. The second-order valence-electron chi connectivity index (χ2n) is 5.74. The third kappa shape index (κ3) is 3.31. The van der Waals surface area contributed by atoms with Crippen molar-refractivity contribution < 1.29 is 17.9 Å². The Labute approximate surface area is 130 Å². The first-order valence-electron chi connectivity index (χ1n) is 7.54. The molecule has 0 aliphatic carbocycles. The molecule has 0 unspecified atom stereocenters. The van der Waals surface area contributed by atoms with Gasteiger partial charge in [-0.05, 0) is 31.5 Å². The van der Waals surface area contributed by atoms with Gasteiger partial charge in [0.05, 0.1) is 11.5 Å². The van der Waals surface area contributed by atoms with Crippen molar-refractivity contribution in [2.24, 2.45) is 0 Å². The molecule has 0 radical (unpaired) electrons. The minimum Gasteiger partial charge on any atom is -0.464 e. The lowest BCUT2D eigenvalue weighted by Gasteiger charge is -2.35. The van der Waals surface area contributed by atoms with Crippen LogP contribution in [-0.2, 0) is 19.6 Å². The topological polar surface area (TPSA) is 75.7 Å². The van der Waals surface area contributed by atoms with Crippen LogP contribution < -0.4 is 4.72 Å². The minimum absolute atomic E-state index is 0.174. The summed E-state index contributed by atoms with van der Waals surface area (Å²) in [6.45, 7) is 1.82. The van der Waals surface area contributed by atoms with Gasteiger partial charge in [-0.15, -0.1) is 0 Å². The van der Waals surface area contributed by atoms with Crippen LogP contribution in [0.25, 0.3) is 0 Å². The maximum atomic E-state index is 12.4. The van der Waals surface area contributed by atoms with Crippen LogP contribution in [0.1, 0.15) is 19.3 Å². The molecule has 2 aliphatic rings. The van der Waals surface area contributed by atoms with Crippen LogP contribution >= 0.6 is 0 Å². The van der Waals surface area contributed by atoms with E-state index in [9.17, 15) is 13.2 Å². The number of rotatable bonds is 4. The van der Waals surface area contributed by atoms with Crippen molar-refractivity contribution in [1.29, 1.82) is 0 Å². The van der Waals surface area contributed by atoms with Crippen LogP contribution in [0.4, 0.5) is 0 Å². The lowest BCUT2D eigenvalue weighted by Crippen LogP contribution is -2.52. The molecule has 2 heterocycles. The highest BCUT2D eigenvalue weighted by Gasteiger charge is 2.36. The molecule has 0 bridgehead atoms. The van der Waals surface area contributed by atoms with Gasteiger partial charge in [-0.1, -0.05) is 18.2 Å². The molecule has 3 rings (SSSR count). The fourth-order valence-corrected chi connectivity index (χ4v) is 4.37. The van der Waals surface area contributed by atoms with Crippen LogP contribution in [0.3, 0.4) is 0 Å². The Morgan fingerprint density at radius 2 is 1.95 bits per heavy atom. The summed E-state index contributed by atoms with van der Waals surface area (Å²) >= 11 is 0. The van der Waals surface area contributed by atoms with Gasteiger partial charge in [0, 0.05) is 19.0 Å². The van der Waals surface area contributed by atoms with E-state index in [4.69, 9.17) is 4.74 Å². The number of likely N-dealkylation sites (tertiary alicyclic amines) is 1. The summed E-state index contributed by atoms with van der Waals surface area (Å²) < 4.78 is 32.5. The molecule has 120 valence electrons. The molecule has 2 fully saturated rings. The molecule has 2 aliphatic heterocycles. The molecular formula is C15H20N2O4S. The SMILES string of the molecule is O=C1OCC[C@@H]1N1CCC[C@@H](NS(=O)(=O)c2ccccc2)C1. The predicted octanol–water partition coefficient (Wildman–Crippen LogP) is 0.745. The van der Waals surface area contributed by atoms with Crippen molar-refractivity contribution in [2.45, 2.75) is 36.2 Å². The number of nitrogens with one attached hydrogen (secondary N) is 1. The van der Waals surface area contributed by atoms with Crippen LogP contribution in [0.2, 0.25) is 0 Å². The van der Waals surface area contributed by atoms with Gasteiger partial charge in [-0.25, -0.2) is 13.1 Å². The standard InChI is InChI=1S/C15H20N2O4S/c18-15-14(8-10-21-15)17-9-4-5-12(11-17)16-22(19,20)13-6-2-1-3-7-13/h1-3,6-7,12,14,16H,4-5,8-11H2/t12-,14+/m1/s1. The maximum Gasteiger partial charge on any atom is 0.323 e. The van der Waals surface area contributed by atoms with E-state index in [1.165, 1.54) is 0 Å². The van der Waals surface area contributed by atoms with Crippen molar-refractivity contribution in [1.82, 2.24) is 9.62 Å². The molecule has 22 heavy (non-hydrogen) atoms. The van der Waals surface area contributed by atoms with E-state index in [-0.39, 0.29) is 22.9 Å². The van der Waals surface area contributed by atoms with Crippen LogP contribution in [0.5, 0.6) is 0 Å². The largest absolute Gasteiger partial charge is 0.464 e.